The van der Waals surface area contributed by atoms with Gasteiger partial charge in [-0.15, -0.1) is 0 Å². The maximum atomic E-state index is 12.8. The fraction of sp³-hybridized carbons (Fsp3) is 0.600. The molecule has 0 aromatic heterocycles. The maximum Gasteiger partial charge on any atom is 0.410 e. The van der Waals surface area contributed by atoms with E-state index in [9.17, 15) is 9.59 Å². The minimum atomic E-state index is -0.535. The van der Waals surface area contributed by atoms with E-state index in [0.29, 0.717) is 32.5 Å². The Hall–Kier alpha value is -2.08. The summed E-state index contributed by atoms with van der Waals surface area (Å²) in [4.78, 5) is 29.1. The van der Waals surface area contributed by atoms with Crippen molar-refractivity contribution in [2.45, 2.75) is 51.3 Å². The van der Waals surface area contributed by atoms with Gasteiger partial charge in [-0.2, -0.15) is 0 Å². The zero-order valence-corrected chi connectivity index (χ0v) is 16.0. The van der Waals surface area contributed by atoms with Crippen LogP contribution in [0.5, 0.6) is 0 Å². The van der Waals surface area contributed by atoms with E-state index >= 15 is 0 Å². The molecule has 2 aliphatic heterocycles. The van der Waals surface area contributed by atoms with Crippen molar-refractivity contribution in [2.75, 3.05) is 26.2 Å². The second-order valence-electron chi connectivity index (χ2n) is 8.16. The summed E-state index contributed by atoms with van der Waals surface area (Å²) < 4.78 is 5.48. The maximum absolute atomic E-state index is 12.8. The normalized spacial score (nSPS) is 20.7. The van der Waals surface area contributed by atoms with Gasteiger partial charge in [0.25, 0.3) is 0 Å². The summed E-state index contributed by atoms with van der Waals surface area (Å²) in [6, 6.07) is 10.2. The third kappa shape index (κ3) is 4.01. The summed E-state index contributed by atoms with van der Waals surface area (Å²) in [6.07, 6.45) is 0.966. The number of nitrogens with zero attached hydrogens (tertiary/aromatic N) is 2. The molecule has 0 radical (unpaired) electrons. The third-order valence-corrected chi connectivity index (χ3v) is 5.15. The number of hydrogen-bond donors (Lipinski definition) is 1. The van der Waals surface area contributed by atoms with Gasteiger partial charge in [-0.05, 0) is 39.2 Å². The Morgan fingerprint density at radius 3 is 2.42 bits per heavy atom. The van der Waals surface area contributed by atoms with E-state index in [0.717, 1.165) is 13.1 Å². The fourth-order valence-corrected chi connectivity index (χ4v) is 3.79. The van der Waals surface area contributed by atoms with Gasteiger partial charge in [-0.25, -0.2) is 4.79 Å². The molecule has 2 amide bonds. The van der Waals surface area contributed by atoms with Crippen LogP contribution < -0.4 is 5.32 Å². The third-order valence-electron chi connectivity index (χ3n) is 5.15. The first-order chi connectivity index (χ1) is 12.3. The molecular weight excluding hydrogens is 330 g/mol. The summed E-state index contributed by atoms with van der Waals surface area (Å²) in [5.74, 6) is 0.0866. The molecule has 1 spiro atoms. The van der Waals surface area contributed by atoms with Gasteiger partial charge < -0.3 is 15.0 Å². The van der Waals surface area contributed by atoms with Crippen molar-refractivity contribution in [3.05, 3.63) is 35.9 Å². The number of amides is 2. The van der Waals surface area contributed by atoms with Gasteiger partial charge in [0.15, 0.2) is 0 Å². The van der Waals surface area contributed by atoms with Gasteiger partial charge in [-0.1, -0.05) is 30.3 Å². The minimum Gasteiger partial charge on any atom is -0.444 e. The average molecular weight is 359 g/mol. The molecule has 0 unspecified atom stereocenters. The van der Waals surface area contributed by atoms with Gasteiger partial charge >= 0.3 is 6.09 Å². The van der Waals surface area contributed by atoms with Crippen LogP contribution in [0.2, 0.25) is 0 Å². The number of piperidine rings is 1. The van der Waals surface area contributed by atoms with Crippen LogP contribution >= 0.6 is 0 Å². The standard InChI is InChI=1S/C20H29N3O3/c1-19(2,3)26-18(25)22-12-9-20(10-13-22)17(24)21-11-14-23(20)15-16-7-5-4-6-8-16/h4-8H,9-15H2,1-3H3,(H,21,24). The highest BCUT2D eigenvalue weighted by Gasteiger charge is 2.48. The molecule has 1 aromatic carbocycles. The Balaban J connectivity index is 1.70. The number of hydrogen-bond acceptors (Lipinski definition) is 4. The van der Waals surface area contributed by atoms with Gasteiger partial charge in [0.2, 0.25) is 5.91 Å². The highest BCUT2D eigenvalue weighted by molar-refractivity contribution is 5.87. The van der Waals surface area contributed by atoms with Gasteiger partial charge in [0, 0.05) is 32.7 Å². The van der Waals surface area contributed by atoms with E-state index in [2.05, 4.69) is 22.3 Å². The zero-order valence-electron chi connectivity index (χ0n) is 16.0. The van der Waals surface area contributed by atoms with E-state index in [1.807, 2.05) is 39.0 Å². The lowest BCUT2D eigenvalue weighted by molar-refractivity contribution is -0.142. The van der Waals surface area contributed by atoms with Crippen LogP contribution in [0, 0.1) is 0 Å². The SMILES string of the molecule is CC(C)(C)OC(=O)N1CCC2(CC1)C(=O)NCCN2Cc1ccccc1. The molecule has 6 nitrogen and oxygen atoms in total. The van der Waals surface area contributed by atoms with E-state index in [1.165, 1.54) is 5.56 Å². The Morgan fingerprint density at radius 1 is 1.15 bits per heavy atom. The molecule has 3 rings (SSSR count). The molecule has 1 N–H and O–H groups in total. The van der Waals surface area contributed by atoms with E-state index in [4.69, 9.17) is 4.74 Å². The van der Waals surface area contributed by atoms with Crippen LogP contribution in [0.1, 0.15) is 39.2 Å². The smallest absolute Gasteiger partial charge is 0.410 e. The first kappa shape index (κ1) is 18.7. The first-order valence-electron chi connectivity index (χ1n) is 9.35. The molecule has 26 heavy (non-hydrogen) atoms. The first-order valence-corrected chi connectivity index (χ1v) is 9.35. The van der Waals surface area contributed by atoms with Crippen molar-refractivity contribution in [1.82, 2.24) is 15.1 Å². The van der Waals surface area contributed by atoms with Crippen LogP contribution in [-0.4, -0.2) is 59.1 Å². The molecule has 1 aromatic rings. The van der Waals surface area contributed by atoms with Crippen LogP contribution in [0.4, 0.5) is 4.79 Å². The highest BCUT2D eigenvalue weighted by atomic mass is 16.6. The molecule has 2 heterocycles. The number of nitrogens with one attached hydrogen (secondary N) is 1. The van der Waals surface area contributed by atoms with Gasteiger partial charge in [-0.3, -0.25) is 9.69 Å². The van der Waals surface area contributed by atoms with Crippen LogP contribution in [0.25, 0.3) is 0 Å². The summed E-state index contributed by atoms with van der Waals surface area (Å²) in [6.45, 7) is 8.92. The van der Waals surface area contributed by atoms with Crippen LogP contribution in [0.15, 0.2) is 30.3 Å². The lowest BCUT2D eigenvalue weighted by Gasteiger charge is -2.50. The summed E-state index contributed by atoms with van der Waals surface area (Å²) in [5, 5.41) is 3.03. The fourth-order valence-electron chi connectivity index (χ4n) is 3.79. The number of carbonyl (C=O) groups is 2. The van der Waals surface area contributed by atoms with Gasteiger partial charge in [0.05, 0.1) is 0 Å². The largest absolute Gasteiger partial charge is 0.444 e. The second-order valence-corrected chi connectivity index (χ2v) is 8.16. The number of ether oxygens (including phenoxy) is 1. The van der Waals surface area contributed by atoms with E-state index in [1.54, 1.807) is 4.90 Å². The zero-order chi connectivity index (χ0) is 18.8. The Kier molecular flexibility index (Phi) is 5.23. The van der Waals surface area contributed by atoms with Crippen molar-refractivity contribution in [2.24, 2.45) is 0 Å². The molecule has 0 atom stereocenters. The Labute approximate surface area is 155 Å². The Bertz CT molecular complexity index is 646. The minimum absolute atomic E-state index is 0.0866. The topological polar surface area (TPSA) is 61.9 Å². The number of piperazine rings is 1. The number of benzene rings is 1. The molecule has 142 valence electrons. The molecule has 0 bridgehead atoms. The van der Waals surface area contributed by atoms with E-state index in [-0.39, 0.29) is 12.0 Å². The quantitative estimate of drug-likeness (QED) is 0.881. The molecule has 0 aliphatic carbocycles. The Morgan fingerprint density at radius 2 is 1.81 bits per heavy atom. The molecule has 2 aliphatic rings. The number of rotatable bonds is 2. The lowest BCUT2D eigenvalue weighted by atomic mass is 9.83. The van der Waals surface area contributed by atoms with Crippen LogP contribution in [-0.2, 0) is 16.1 Å². The van der Waals surface area contributed by atoms with Crippen molar-refractivity contribution in [3.8, 4) is 0 Å². The molecule has 6 heteroatoms. The van der Waals surface area contributed by atoms with Gasteiger partial charge in [0.1, 0.15) is 11.1 Å². The molecule has 0 saturated carbocycles. The molecule has 2 saturated heterocycles. The van der Waals surface area contributed by atoms with E-state index < -0.39 is 11.1 Å². The average Bonchev–Trinajstić information content (AvgIpc) is 2.59. The molecule has 2 fully saturated rings. The van der Waals surface area contributed by atoms with Crippen molar-refractivity contribution < 1.29 is 14.3 Å². The summed E-state index contributed by atoms with van der Waals surface area (Å²) in [5.41, 5.74) is 0.163. The molecular formula is C20H29N3O3. The predicted molar refractivity (Wildman–Crippen MR) is 99.6 cm³/mol. The van der Waals surface area contributed by atoms with Crippen molar-refractivity contribution >= 4 is 12.0 Å². The van der Waals surface area contributed by atoms with Crippen LogP contribution in [0.3, 0.4) is 0 Å². The highest BCUT2D eigenvalue weighted by Crippen LogP contribution is 2.33. The number of carbonyl (C=O) groups excluding carboxylic acids is 2. The number of likely N-dealkylation sites (tertiary alicyclic amines) is 1. The summed E-state index contributed by atoms with van der Waals surface area (Å²) in [7, 11) is 0. The predicted octanol–water partition coefficient (Wildman–Crippen LogP) is 2.39. The van der Waals surface area contributed by atoms with Crippen molar-refractivity contribution in [3.63, 3.8) is 0 Å². The monoisotopic (exact) mass is 359 g/mol. The second kappa shape index (κ2) is 7.27. The van der Waals surface area contributed by atoms with Crippen molar-refractivity contribution in [1.29, 1.82) is 0 Å². The lowest BCUT2D eigenvalue weighted by Crippen LogP contribution is -2.68. The summed E-state index contributed by atoms with van der Waals surface area (Å²) >= 11 is 0.